The third-order valence-electron chi connectivity index (χ3n) is 3.06. The average molecular weight is 306 g/mol. The Morgan fingerprint density at radius 1 is 1.38 bits per heavy atom. The second-order valence-corrected chi connectivity index (χ2v) is 4.68. The Bertz CT molecular complexity index is 647. The van der Waals surface area contributed by atoms with Gasteiger partial charge in [0.05, 0.1) is 12.7 Å². The number of aromatic nitrogens is 1. The topological polar surface area (TPSA) is 63.2 Å². The molecular weight excluding hydrogens is 290 g/mol. The first-order valence-corrected chi connectivity index (χ1v) is 6.76. The van der Waals surface area contributed by atoms with E-state index in [-0.39, 0.29) is 12.5 Å². The normalized spacial score (nSPS) is 10.0. The van der Waals surface area contributed by atoms with Crippen molar-refractivity contribution in [1.29, 1.82) is 0 Å². The molecule has 1 heterocycles. The Hall–Kier alpha value is -2.27. The molecule has 6 heteroatoms. The van der Waals surface area contributed by atoms with E-state index < -0.39 is 0 Å². The van der Waals surface area contributed by atoms with Gasteiger partial charge in [0, 0.05) is 42.3 Å². The molecule has 110 valence electrons. The van der Waals surface area contributed by atoms with Crippen LogP contribution < -0.4 is 15.4 Å². The van der Waals surface area contributed by atoms with Gasteiger partial charge >= 0.3 is 0 Å². The van der Waals surface area contributed by atoms with E-state index in [9.17, 15) is 4.79 Å². The fourth-order valence-electron chi connectivity index (χ4n) is 1.96. The molecule has 0 unspecified atom stereocenters. The maximum atomic E-state index is 12.2. The third-order valence-corrected chi connectivity index (χ3v) is 3.41. The molecule has 0 aliphatic carbocycles. The van der Waals surface area contributed by atoms with Crippen LogP contribution in [0, 0.1) is 0 Å². The Morgan fingerprint density at radius 2 is 2.19 bits per heavy atom. The van der Waals surface area contributed by atoms with Crippen LogP contribution >= 0.6 is 11.6 Å². The highest BCUT2D eigenvalue weighted by Gasteiger charge is 2.13. The standard InChI is InChI=1S/C15H16ClN3O2/c1-17-13-6-7-18-8-11(13)15(20)19-9-10-12(16)4-3-5-14(10)21-2/h3-8H,9H2,1-2H3,(H,17,18)(H,19,20). The van der Waals surface area contributed by atoms with Gasteiger partial charge < -0.3 is 15.4 Å². The van der Waals surface area contributed by atoms with Crippen molar-refractivity contribution < 1.29 is 9.53 Å². The van der Waals surface area contributed by atoms with Crippen molar-refractivity contribution in [3.8, 4) is 5.75 Å². The molecule has 0 saturated heterocycles. The Balaban J connectivity index is 2.15. The van der Waals surface area contributed by atoms with Gasteiger partial charge in [-0.15, -0.1) is 0 Å². The highest BCUT2D eigenvalue weighted by atomic mass is 35.5. The molecule has 1 amide bonds. The maximum absolute atomic E-state index is 12.2. The molecule has 0 atom stereocenters. The molecule has 0 fully saturated rings. The quantitative estimate of drug-likeness (QED) is 0.891. The summed E-state index contributed by atoms with van der Waals surface area (Å²) in [5.74, 6) is 0.414. The second kappa shape index (κ2) is 6.95. The number of methoxy groups -OCH3 is 1. The van der Waals surface area contributed by atoms with Crippen LogP contribution in [-0.4, -0.2) is 25.0 Å². The molecule has 0 aliphatic rings. The van der Waals surface area contributed by atoms with Gasteiger partial charge in [-0.1, -0.05) is 17.7 Å². The molecule has 2 aromatic rings. The molecule has 0 saturated carbocycles. The predicted molar refractivity (Wildman–Crippen MR) is 83.0 cm³/mol. The number of anilines is 1. The predicted octanol–water partition coefficient (Wildman–Crippen LogP) is 2.72. The summed E-state index contributed by atoms with van der Waals surface area (Å²) in [4.78, 5) is 16.2. The number of carbonyl (C=O) groups excluding carboxylic acids is 1. The molecule has 0 radical (unpaired) electrons. The molecule has 21 heavy (non-hydrogen) atoms. The highest BCUT2D eigenvalue weighted by molar-refractivity contribution is 6.31. The largest absolute Gasteiger partial charge is 0.496 e. The molecule has 2 rings (SSSR count). The van der Waals surface area contributed by atoms with E-state index in [1.165, 1.54) is 6.20 Å². The van der Waals surface area contributed by atoms with Gasteiger partial charge in [-0.2, -0.15) is 0 Å². The first-order chi connectivity index (χ1) is 10.2. The number of hydrogen-bond donors (Lipinski definition) is 2. The molecule has 0 spiro atoms. The highest BCUT2D eigenvalue weighted by Crippen LogP contribution is 2.26. The fourth-order valence-corrected chi connectivity index (χ4v) is 2.19. The van der Waals surface area contributed by atoms with E-state index in [4.69, 9.17) is 16.3 Å². The van der Waals surface area contributed by atoms with Gasteiger partial charge in [0.1, 0.15) is 5.75 Å². The van der Waals surface area contributed by atoms with E-state index in [0.717, 1.165) is 5.56 Å². The van der Waals surface area contributed by atoms with E-state index in [1.54, 1.807) is 44.6 Å². The summed E-state index contributed by atoms with van der Waals surface area (Å²) in [6.45, 7) is 0.278. The molecule has 5 nitrogen and oxygen atoms in total. The fraction of sp³-hybridized carbons (Fsp3) is 0.200. The van der Waals surface area contributed by atoms with Crippen molar-refractivity contribution in [2.45, 2.75) is 6.54 Å². The lowest BCUT2D eigenvalue weighted by molar-refractivity contribution is 0.0951. The molecule has 0 bridgehead atoms. The number of halogens is 1. The monoisotopic (exact) mass is 305 g/mol. The van der Waals surface area contributed by atoms with Crippen LogP contribution in [0.25, 0.3) is 0 Å². The van der Waals surface area contributed by atoms with Crippen LogP contribution in [0.4, 0.5) is 5.69 Å². The Morgan fingerprint density at radius 3 is 2.90 bits per heavy atom. The zero-order valence-electron chi connectivity index (χ0n) is 11.8. The number of rotatable bonds is 5. The minimum atomic E-state index is -0.227. The third kappa shape index (κ3) is 3.44. The van der Waals surface area contributed by atoms with Crippen molar-refractivity contribution in [2.75, 3.05) is 19.5 Å². The van der Waals surface area contributed by atoms with Crippen LogP contribution in [0.1, 0.15) is 15.9 Å². The van der Waals surface area contributed by atoms with E-state index >= 15 is 0 Å². The lowest BCUT2D eigenvalue weighted by Crippen LogP contribution is -2.24. The summed E-state index contributed by atoms with van der Waals surface area (Å²) in [6, 6.07) is 7.10. The second-order valence-electron chi connectivity index (χ2n) is 4.27. The van der Waals surface area contributed by atoms with Gasteiger partial charge in [-0.3, -0.25) is 9.78 Å². The summed E-state index contributed by atoms with van der Waals surface area (Å²) in [7, 11) is 3.32. The number of ether oxygens (including phenoxy) is 1. The minimum Gasteiger partial charge on any atom is -0.496 e. The number of nitrogens with zero attached hydrogens (tertiary/aromatic N) is 1. The van der Waals surface area contributed by atoms with E-state index in [1.807, 2.05) is 0 Å². The van der Waals surface area contributed by atoms with Gasteiger partial charge in [0.15, 0.2) is 0 Å². The molecule has 2 N–H and O–H groups in total. The van der Waals surface area contributed by atoms with E-state index in [0.29, 0.717) is 22.0 Å². The molecule has 0 aliphatic heterocycles. The lowest BCUT2D eigenvalue weighted by atomic mass is 10.1. The van der Waals surface area contributed by atoms with Gasteiger partial charge in [0.25, 0.3) is 5.91 Å². The zero-order chi connectivity index (χ0) is 15.2. The molecular formula is C15H16ClN3O2. The number of hydrogen-bond acceptors (Lipinski definition) is 4. The molecule has 1 aromatic heterocycles. The van der Waals surface area contributed by atoms with Crippen LogP contribution in [0.2, 0.25) is 5.02 Å². The minimum absolute atomic E-state index is 0.227. The van der Waals surface area contributed by atoms with Crippen LogP contribution in [-0.2, 0) is 6.54 Å². The van der Waals surface area contributed by atoms with Crippen LogP contribution in [0.15, 0.2) is 36.7 Å². The van der Waals surface area contributed by atoms with Gasteiger partial charge in [-0.25, -0.2) is 0 Å². The first-order valence-electron chi connectivity index (χ1n) is 6.38. The number of amides is 1. The van der Waals surface area contributed by atoms with E-state index in [2.05, 4.69) is 15.6 Å². The molecule has 1 aromatic carbocycles. The van der Waals surface area contributed by atoms with Crippen molar-refractivity contribution >= 4 is 23.2 Å². The number of nitrogens with one attached hydrogen (secondary N) is 2. The van der Waals surface area contributed by atoms with Gasteiger partial charge in [0.2, 0.25) is 0 Å². The Kier molecular flexibility index (Phi) is 5.00. The summed E-state index contributed by atoms with van der Waals surface area (Å²) in [5, 5.41) is 6.33. The van der Waals surface area contributed by atoms with Crippen molar-refractivity contribution in [1.82, 2.24) is 10.3 Å². The summed E-state index contributed by atoms with van der Waals surface area (Å²) in [6.07, 6.45) is 3.14. The lowest BCUT2D eigenvalue weighted by Gasteiger charge is -2.12. The zero-order valence-corrected chi connectivity index (χ0v) is 12.6. The van der Waals surface area contributed by atoms with Crippen molar-refractivity contribution in [2.24, 2.45) is 0 Å². The number of pyridine rings is 1. The summed E-state index contributed by atoms with van der Waals surface area (Å²) in [5.41, 5.74) is 1.93. The summed E-state index contributed by atoms with van der Waals surface area (Å²) < 4.78 is 5.25. The van der Waals surface area contributed by atoms with Crippen molar-refractivity contribution in [3.63, 3.8) is 0 Å². The first kappa shape index (κ1) is 15.1. The Labute approximate surface area is 128 Å². The average Bonchev–Trinajstić information content (AvgIpc) is 2.53. The van der Waals surface area contributed by atoms with Crippen LogP contribution in [0.3, 0.4) is 0 Å². The summed E-state index contributed by atoms with van der Waals surface area (Å²) >= 11 is 6.14. The number of carbonyl (C=O) groups is 1. The number of benzene rings is 1. The maximum Gasteiger partial charge on any atom is 0.255 e. The van der Waals surface area contributed by atoms with Crippen LogP contribution in [0.5, 0.6) is 5.75 Å². The SMILES string of the molecule is CNc1ccncc1C(=O)NCc1c(Cl)cccc1OC. The smallest absolute Gasteiger partial charge is 0.255 e. The van der Waals surface area contributed by atoms with Gasteiger partial charge in [-0.05, 0) is 18.2 Å². The van der Waals surface area contributed by atoms with Crippen molar-refractivity contribution in [3.05, 3.63) is 52.8 Å².